The van der Waals surface area contributed by atoms with Crippen molar-refractivity contribution in [3.63, 3.8) is 0 Å². The standard InChI is InChI=1S/C10H12F2N2/c11-7-5-9(13)10(6-8(7)12)14-3-1-2-4-14/h5-6H,1-4,13H2. The molecule has 1 aliphatic rings. The van der Waals surface area contributed by atoms with Crippen LogP contribution in [0.2, 0.25) is 0 Å². The molecule has 0 radical (unpaired) electrons. The Morgan fingerprint density at radius 2 is 1.64 bits per heavy atom. The molecule has 4 heteroatoms. The highest BCUT2D eigenvalue weighted by molar-refractivity contribution is 5.68. The summed E-state index contributed by atoms with van der Waals surface area (Å²) in [6.45, 7) is 1.74. The fourth-order valence-electron chi connectivity index (χ4n) is 1.78. The number of nitrogens with two attached hydrogens (primary N) is 1. The first-order chi connectivity index (χ1) is 6.68. The molecule has 1 aromatic carbocycles. The van der Waals surface area contributed by atoms with Crippen LogP contribution in [0, 0.1) is 11.6 Å². The number of benzene rings is 1. The summed E-state index contributed by atoms with van der Waals surface area (Å²) < 4.78 is 25.7. The van der Waals surface area contributed by atoms with Crippen LogP contribution in [0.5, 0.6) is 0 Å². The first-order valence-electron chi connectivity index (χ1n) is 4.68. The predicted octanol–water partition coefficient (Wildman–Crippen LogP) is 2.15. The van der Waals surface area contributed by atoms with E-state index in [-0.39, 0.29) is 0 Å². The normalized spacial score (nSPS) is 16.3. The molecule has 0 saturated carbocycles. The lowest BCUT2D eigenvalue weighted by molar-refractivity contribution is 0.509. The van der Waals surface area contributed by atoms with Gasteiger partial charge >= 0.3 is 0 Å². The smallest absolute Gasteiger partial charge is 0.161 e. The van der Waals surface area contributed by atoms with Gasteiger partial charge in [0.25, 0.3) is 0 Å². The van der Waals surface area contributed by atoms with Gasteiger partial charge in [0.1, 0.15) is 0 Å². The maximum absolute atomic E-state index is 13.0. The second-order valence-electron chi connectivity index (χ2n) is 3.52. The molecular formula is C10H12F2N2. The van der Waals surface area contributed by atoms with E-state index in [0.717, 1.165) is 32.0 Å². The Balaban J connectivity index is 2.37. The van der Waals surface area contributed by atoms with Crippen LogP contribution in [-0.2, 0) is 0 Å². The van der Waals surface area contributed by atoms with Gasteiger partial charge in [-0.15, -0.1) is 0 Å². The predicted molar refractivity (Wildman–Crippen MR) is 52.2 cm³/mol. The van der Waals surface area contributed by atoms with Crippen molar-refractivity contribution in [2.45, 2.75) is 12.8 Å². The van der Waals surface area contributed by atoms with Gasteiger partial charge in [-0.2, -0.15) is 0 Å². The van der Waals surface area contributed by atoms with E-state index in [2.05, 4.69) is 0 Å². The highest BCUT2D eigenvalue weighted by Gasteiger charge is 2.17. The molecule has 14 heavy (non-hydrogen) atoms. The van der Waals surface area contributed by atoms with Crippen LogP contribution in [0.4, 0.5) is 20.2 Å². The minimum absolute atomic E-state index is 0.311. The van der Waals surface area contributed by atoms with Gasteiger partial charge in [-0.1, -0.05) is 0 Å². The number of nitrogens with zero attached hydrogens (tertiary/aromatic N) is 1. The van der Waals surface area contributed by atoms with Crippen molar-refractivity contribution in [3.05, 3.63) is 23.8 Å². The van der Waals surface area contributed by atoms with Crippen molar-refractivity contribution < 1.29 is 8.78 Å². The largest absolute Gasteiger partial charge is 0.397 e. The molecule has 76 valence electrons. The van der Waals surface area contributed by atoms with Crippen LogP contribution in [0.3, 0.4) is 0 Å². The van der Waals surface area contributed by atoms with Crippen molar-refractivity contribution >= 4 is 11.4 Å². The summed E-state index contributed by atoms with van der Waals surface area (Å²) in [5, 5.41) is 0. The van der Waals surface area contributed by atoms with Gasteiger partial charge in [-0.3, -0.25) is 0 Å². The first kappa shape index (κ1) is 9.24. The minimum atomic E-state index is -0.884. The summed E-state index contributed by atoms with van der Waals surface area (Å²) in [7, 11) is 0. The van der Waals surface area contributed by atoms with Crippen LogP contribution in [-0.4, -0.2) is 13.1 Å². The zero-order valence-corrected chi connectivity index (χ0v) is 7.76. The van der Waals surface area contributed by atoms with Gasteiger partial charge in [-0.25, -0.2) is 8.78 Å². The molecule has 0 atom stereocenters. The van der Waals surface area contributed by atoms with Crippen LogP contribution in [0.1, 0.15) is 12.8 Å². The molecule has 2 N–H and O–H groups in total. The monoisotopic (exact) mass is 198 g/mol. The molecule has 2 nitrogen and oxygen atoms in total. The van der Waals surface area contributed by atoms with Crippen LogP contribution in [0.15, 0.2) is 12.1 Å². The fourth-order valence-corrected chi connectivity index (χ4v) is 1.78. The summed E-state index contributed by atoms with van der Waals surface area (Å²) in [5.74, 6) is -1.72. The minimum Gasteiger partial charge on any atom is -0.397 e. The lowest BCUT2D eigenvalue weighted by atomic mass is 10.2. The third-order valence-electron chi connectivity index (χ3n) is 2.52. The molecule has 0 unspecified atom stereocenters. The molecule has 1 saturated heterocycles. The number of nitrogen functional groups attached to an aromatic ring is 1. The Morgan fingerprint density at radius 1 is 1.07 bits per heavy atom. The van der Waals surface area contributed by atoms with Crippen molar-refractivity contribution in [2.75, 3.05) is 23.7 Å². The molecule has 1 heterocycles. The van der Waals surface area contributed by atoms with Crippen molar-refractivity contribution in [3.8, 4) is 0 Å². The number of hydrogen-bond acceptors (Lipinski definition) is 2. The van der Waals surface area contributed by atoms with E-state index < -0.39 is 11.6 Å². The first-order valence-corrected chi connectivity index (χ1v) is 4.68. The molecule has 2 rings (SSSR count). The maximum Gasteiger partial charge on any atom is 0.161 e. The number of halogens is 2. The van der Waals surface area contributed by atoms with Gasteiger partial charge in [0, 0.05) is 25.2 Å². The van der Waals surface area contributed by atoms with Crippen LogP contribution >= 0.6 is 0 Å². The average Bonchev–Trinajstić information content (AvgIpc) is 2.64. The molecule has 1 fully saturated rings. The molecule has 1 aliphatic heterocycles. The van der Waals surface area contributed by atoms with Crippen molar-refractivity contribution in [1.29, 1.82) is 0 Å². The number of rotatable bonds is 1. The highest BCUT2D eigenvalue weighted by atomic mass is 19.2. The number of hydrogen-bond donors (Lipinski definition) is 1. The SMILES string of the molecule is Nc1cc(F)c(F)cc1N1CCCC1. The average molecular weight is 198 g/mol. The zero-order chi connectivity index (χ0) is 10.1. The quantitative estimate of drug-likeness (QED) is 0.700. The van der Waals surface area contributed by atoms with Gasteiger partial charge in [-0.05, 0) is 12.8 Å². The van der Waals surface area contributed by atoms with Crippen LogP contribution < -0.4 is 10.6 Å². The Bertz CT molecular complexity index is 346. The molecule has 0 aliphatic carbocycles. The molecule has 0 spiro atoms. The highest BCUT2D eigenvalue weighted by Crippen LogP contribution is 2.28. The fraction of sp³-hybridized carbons (Fsp3) is 0.400. The zero-order valence-electron chi connectivity index (χ0n) is 7.76. The van der Waals surface area contributed by atoms with E-state index in [0.29, 0.717) is 11.4 Å². The summed E-state index contributed by atoms with van der Waals surface area (Å²) in [5.41, 5.74) is 6.55. The topological polar surface area (TPSA) is 29.3 Å². The lowest BCUT2D eigenvalue weighted by Crippen LogP contribution is -2.19. The third kappa shape index (κ3) is 1.52. The van der Waals surface area contributed by atoms with E-state index in [1.807, 2.05) is 4.90 Å². The summed E-state index contributed by atoms with van der Waals surface area (Å²) in [6.07, 6.45) is 2.16. The molecule has 0 bridgehead atoms. The van der Waals surface area contributed by atoms with Gasteiger partial charge in [0.2, 0.25) is 0 Å². The van der Waals surface area contributed by atoms with Gasteiger partial charge < -0.3 is 10.6 Å². The van der Waals surface area contributed by atoms with E-state index in [1.165, 1.54) is 6.07 Å². The van der Waals surface area contributed by atoms with Gasteiger partial charge in [0.05, 0.1) is 11.4 Å². The maximum atomic E-state index is 13.0. The summed E-state index contributed by atoms with van der Waals surface area (Å²) in [6, 6.07) is 2.22. The summed E-state index contributed by atoms with van der Waals surface area (Å²) >= 11 is 0. The van der Waals surface area contributed by atoms with E-state index in [4.69, 9.17) is 5.73 Å². The molecular weight excluding hydrogens is 186 g/mol. The molecule has 0 amide bonds. The summed E-state index contributed by atoms with van der Waals surface area (Å²) in [4.78, 5) is 1.98. The second kappa shape index (κ2) is 3.44. The molecule has 1 aromatic rings. The van der Waals surface area contributed by atoms with E-state index in [1.54, 1.807) is 0 Å². The lowest BCUT2D eigenvalue weighted by Gasteiger charge is -2.19. The third-order valence-corrected chi connectivity index (χ3v) is 2.52. The Morgan fingerprint density at radius 3 is 2.29 bits per heavy atom. The number of anilines is 2. The van der Waals surface area contributed by atoms with Crippen molar-refractivity contribution in [2.24, 2.45) is 0 Å². The van der Waals surface area contributed by atoms with Crippen molar-refractivity contribution in [1.82, 2.24) is 0 Å². The Hall–Kier alpha value is -1.32. The van der Waals surface area contributed by atoms with Gasteiger partial charge in [0.15, 0.2) is 11.6 Å². The second-order valence-corrected chi connectivity index (χ2v) is 3.52. The van der Waals surface area contributed by atoms with E-state index >= 15 is 0 Å². The van der Waals surface area contributed by atoms with Crippen LogP contribution in [0.25, 0.3) is 0 Å². The Kier molecular flexibility index (Phi) is 2.27. The Labute approximate surface area is 81.3 Å². The van der Waals surface area contributed by atoms with E-state index in [9.17, 15) is 8.78 Å². The molecule has 0 aromatic heterocycles.